The molecule has 0 fully saturated rings. The number of amides is 2. The minimum Gasteiger partial charge on any atom is -0.494 e. The number of carbonyl (C=O) groups excluding carboxylic acids is 3. The molecule has 2 rings (SSSR count). The summed E-state index contributed by atoms with van der Waals surface area (Å²) in [6, 6.07) is 11.3. The Balaban J connectivity index is 1.89. The summed E-state index contributed by atoms with van der Waals surface area (Å²) in [4.78, 5) is 34.8. The SMILES string of the molecule is CCOc1ccc(NC(=O)COC(=O)c2cccc(NC(=O)C(F)(F)F)c2)cc1. The number of halogens is 3. The van der Waals surface area contributed by atoms with E-state index in [0.717, 1.165) is 6.07 Å². The zero-order valence-electron chi connectivity index (χ0n) is 15.2. The molecule has 0 aliphatic rings. The number of hydrogen-bond donors (Lipinski definition) is 2. The maximum Gasteiger partial charge on any atom is 0.471 e. The maximum atomic E-state index is 12.3. The molecule has 2 N–H and O–H groups in total. The van der Waals surface area contributed by atoms with Crippen LogP contribution in [-0.2, 0) is 14.3 Å². The van der Waals surface area contributed by atoms with Gasteiger partial charge in [0.2, 0.25) is 0 Å². The number of hydrogen-bond acceptors (Lipinski definition) is 5. The van der Waals surface area contributed by atoms with Gasteiger partial charge in [-0.15, -0.1) is 0 Å². The normalized spacial score (nSPS) is 10.8. The van der Waals surface area contributed by atoms with E-state index in [9.17, 15) is 27.6 Å². The van der Waals surface area contributed by atoms with Gasteiger partial charge in [-0.05, 0) is 49.4 Å². The number of ether oxygens (including phenoxy) is 2. The monoisotopic (exact) mass is 410 g/mol. The molecule has 0 bridgehead atoms. The minimum absolute atomic E-state index is 0.126. The van der Waals surface area contributed by atoms with Gasteiger partial charge in [0.1, 0.15) is 5.75 Å². The van der Waals surface area contributed by atoms with Crippen molar-refractivity contribution in [2.24, 2.45) is 0 Å². The molecule has 0 heterocycles. The Bertz CT molecular complexity index is 882. The molecular weight excluding hydrogens is 393 g/mol. The number of nitrogens with one attached hydrogen (secondary N) is 2. The molecule has 7 nitrogen and oxygen atoms in total. The predicted octanol–water partition coefficient (Wildman–Crippen LogP) is 3.38. The molecule has 154 valence electrons. The average Bonchev–Trinajstić information content (AvgIpc) is 2.67. The van der Waals surface area contributed by atoms with Crippen molar-refractivity contribution in [3.8, 4) is 5.75 Å². The second kappa shape index (κ2) is 9.58. The molecule has 0 saturated heterocycles. The molecule has 0 spiro atoms. The Labute approximate surface area is 163 Å². The fourth-order valence-corrected chi connectivity index (χ4v) is 2.14. The summed E-state index contributed by atoms with van der Waals surface area (Å²) in [5.41, 5.74) is 0.103. The number of carbonyl (C=O) groups is 3. The van der Waals surface area contributed by atoms with Gasteiger partial charge in [0, 0.05) is 11.4 Å². The molecule has 10 heteroatoms. The summed E-state index contributed by atoms with van der Waals surface area (Å²) in [5, 5.41) is 4.15. The van der Waals surface area contributed by atoms with Crippen LogP contribution in [0, 0.1) is 0 Å². The third-order valence-corrected chi connectivity index (χ3v) is 3.40. The largest absolute Gasteiger partial charge is 0.494 e. The van der Waals surface area contributed by atoms with Gasteiger partial charge in [0.15, 0.2) is 6.61 Å². The molecular formula is C19H17F3N2O5. The van der Waals surface area contributed by atoms with E-state index in [1.54, 1.807) is 29.6 Å². The Morgan fingerprint density at radius 1 is 0.966 bits per heavy atom. The van der Waals surface area contributed by atoms with E-state index < -0.39 is 30.6 Å². The van der Waals surface area contributed by atoms with E-state index in [1.165, 1.54) is 18.2 Å². The molecule has 0 aromatic heterocycles. The second-order valence-corrected chi connectivity index (χ2v) is 5.61. The van der Waals surface area contributed by atoms with Gasteiger partial charge >= 0.3 is 18.1 Å². The van der Waals surface area contributed by atoms with Crippen molar-refractivity contribution in [3.05, 3.63) is 54.1 Å². The lowest BCUT2D eigenvalue weighted by Gasteiger charge is -2.10. The maximum absolute atomic E-state index is 12.3. The van der Waals surface area contributed by atoms with Crippen molar-refractivity contribution in [1.29, 1.82) is 0 Å². The fourth-order valence-electron chi connectivity index (χ4n) is 2.14. The van der Waals surface area contributed by atoms with E-state index in [-0.39, 0.29) is 11.3 Å². The standard InChI is InChI=1S/C19H17F3N2O5/c1-2-28-15-8-6-13(7-9-15)23-16(25)11-29-17(26)12-4-3-5-14(10-12)24-18(27)19(20,21)22/h3-10H,2,11H2,1H3,(H,23,25)(H,24,27). The van der Waals surface area contributed by atoms with Crippen molar-refractivity contribution in [2.45, 2.75) is 13.1 Å². The molecule has 0 radical (unpaired) electrons. The summed E-state index contributed by atoms with van der Waals surface area (Å²) in [5.74, 6) is -3.08. The van der Waals surface area contributed by atoms with Crippen LogP contribution in [0.15, 0.2) is 48.5 Å². The third-order valence-electron chi connectivity index (χ3n) is 3.40. The first-order valence-electron chi connectivity index (χ1n) is 8.37. The van der Waals surface area contributed by atoms with Crippen molar-refractivity contribution >= 4 is 29.2 Å². The minimum atomic E-state index is -5.06. The summed E-state index contributed by atoms with van der Waals surface area (Å²) < 4.78 is 47.0. The predicted molar refractivity (Wildman–Crippen MR) is 97.6 cm³/mol. The Hall–Kier alpha value is -3.56. The fraction of sp³-hybridized carbons (Fsp3) is 0.211. The van der Waals surface area contributed by atoms with E-state index in [1.807, 2.05) is 6.92 Å². The number of alkyl halides is 3. The Morgan fingerprint density at radius 3 is 2.28 bits per heavy atom. The number of benzene rings is 2. The lowest BCUT2D eigenvalue weighted by molar-refractivity contribution is -0.167. The van der Waals surface area contributed by atoms with Gasteiger partial charge in [0.05, 0.1) is 12.2 Å². The molecule has 0 aliphatic heterocycles. The van der Waals surface area contributed by atoms with E-state index >= 15 is 0 Å². The molecule has 2 aromatic carbocycles. The lowest BCUT2D eigenvalue weighted by Crippen LogP contribution is -2.30. The third kappa shape index (κ3) is 6.83. The van der Waals surface area contributed by atoms with Crippen molar-refractivity contribution in [1.82, 2.24) is 0 Å². The number of esters is 1. The van der Waals surface area contributed by atoms with Crippen LogP contribution in [0.2, 0.25) is 0 Å². The molecule has 2 aromatic rings. The van der Waals surface area contributed by atoms with Gasteiger partial charge in [-0.1, -0.05) is 6.07 Å². The zero-order valence-corrected chi connectivity index (χ0v) is 15.2. The average molecular weight is 410 g/mol. The summed E-state index contributed by atoms with van der Waals surface area (Å²) in [7, 11) is 0. The molecule has 0 aliphatic carbocycles. The lowest BCUT2D eigenvalue weighted by atomic mass is 10.2. The van der Waals surface area contributed by atoms with Gasteiger partial charge in [-0.3, -0.25) is 9.59 Å². The Kier molecular flexibility index (Phi) is 7.18. The zero-order chi connectivity index (χ0) is 21.4. The molecule has 0 unspecified atom stereocenters. The van der Waals surface area contributed by atoms with Crippen LogP contribution in [0.25, 0.3) is 0 Å². The molecule has 0 saturated carbocycles. The first-order chi connectivity index (χ1) is 13.7. The van der Waals surface area contributed by atoms with Crippen molar-refractivity contribution < 1.29 is 37.0 Å². The number of anilines is 2. The highest BCUT2D eigenvalue weighted by Gasteiger charge is 2.38. The van der Waals surface area contributed by atoms with E-state index in [4.69, 9.17) is 9.47 Å². The first kappa shape index (κ1) is 21.7. The van der Waals surface area contributed by atoms with E-state index in [0.29, 0.717) is 18.0 Å². The van der Waals surface area contributed by atoms with Gasteiger partial charge in [0.25, 0.3) is 5.91 Å². The quantitative estimate of drug-likeness (QED) is 0.683. The molecule has 2 amide bonds. The van der Waals surface area contributed by atoms with Crippen LogP contribution >= 0.6 is 0 Å². The molecule has 29 heavy (non-hydrogen) atoms. The van der Waals surface area contributed by atoms with Gasteiger partial charge in [-0.25, -0.2) is 4.79 Å². The van der Waals surface area contributed by atoms with Gasteiger partial charge < -0.3 is 20.1 Å². The molecule has 0 atom stereocenters. The van der Waals surface area contributed by atoms with Crippen LogP contribution in [0.5, 0.6) is 5.75 Å². The smallest absolute Gasteiger partial charge is 0.471 e. The Morgan fingerprint density at radius 2 is 1.66 bits per heavy atom. The van der Waals surface area contributed by atoms with Crippen LogP contribution < -0.4 is 15.4 Å². The highest BCUT2D eigenvalue weighted by Crippen LogP contribution is 2.19. The second-order valence-electron chi connectivity index (χ2n) is 5.61. The highest BCUT2D eigenvalue weighted by atomic mass is 19.4. The number of rotatable bonds is 7. The summed E-state index contributed by atoms with van der Waals surface area (Å²) >= 11 is 0. The summed E-state index contributed by atoms with van der Waals surface area (Å²) in [6.07, 6.45) is -5.06. The van der Waals surface area contributed by atoms with Crippen LogP contribution in [0.1, 0.15) is 17.3 Å². The van der Waals surface area contributed by atoms with Crippen molar-refractivity contribution in [2.75, 3.05) is 23.8 Å². The van der Waals surface area contributed by atoms with Crippen molar-refractivity contribution in [3.63, 3.8) is 0 Å². The van der Waals surface area contributed by atoms with Crippen LogP contribution in [0.3, 0.4) is 0 Å². The van der Waals surface area contributed by atoms with Crippen LogP contribution in [-0.4, -0.2) is 37.2 Å². The van der Waals surface area contributed by atoms with Gasteiger partial charge in [-0.2, -0.15) is 13.2 Å². The summed E-state index contributed by atoms with van der Waals surface area (Å²) in [6.45, 7) is 1.73. The van der Waals surface area contributed by atoms with E-state index in [2.05, 4.69) is 5.32 Å². The topological polar surface area (TPSA) is 93.7 Å². The van der Waals surface area contributed by atoms with Crippen LogP contribution in [0.4, 0.5) is 24.5 Å². The first-order valence-corrected chi connectivity index (χ1v) is 8.37. The highest BCUT2D eigenvalue weighted by molar-refractivity contribution is 5.98.